The van der Waals surface area contributed by atoms with Crippen molar-refractivity contribution in [3.05, 3.63) is 29.3 Å². The molecule has 1 fully saturated rings. The molecular weight excluding hydrogens is 210 g/mol. The van der Waals surface area contributed by atoms with Gasteiger partial charge in [-0.05, 0) is 30.9 Å². The summed E-state index contributed by atoms with van der Waals surface area (Å²) in [5.74, 6) is -0.0534. The minimum atomic E-state index is -0.430. The quantitative estimate of drug-likeness (QED) is 0.653. The van der Waals surface area contributed by atoms with Crippen molar-refractivity contribution < 1.29 is 13.5 Å². The van der Waals surface area contributed by atoms with Crippen molar-refractivity contribution in [1.29, 1.82) is 0 Å². The van der Waals surface area contributed by atoms with E-state index in [4.69, 9.17) is 4.74 Å². The molecule has 3 heteroatoms. The van der Waals surface area contributed by atoms with Crippen LogP contribution >= 0.6 is 0 Å². The minimum absolute atomic E-state index is 0.156. The lowest BCUT2D eigenvalue weighted by molar-refractivity contribution is 0.147. The van der Waals surface area contributed by atoms with Crippen LogP contribution in [-0.4, -0.2) is 6.61 Å². The first-order valence-corrected chi connectivity index (χ1v) is 5.88. The van der Waals surface area contributed by atoms with E-state index in [0.29, 0.717) is 18.1 Å². The van der Waals surface area contributed by atoms with Gasteiger partial charge in [0, 0.05) is 11.5 Å². The number of benzene rings is 1. The molecule has 1 heterocycles. The average Bonchev–Trinajstić information content (AvgIpc) is 2.33. The van der Waals surface area contributed by atoms with Gasteiger partial charge in [-0.15, -0.1) is 0 Å². The molecule has 1 aromatic carbocycles. The van der Waals surface area contributed by atoms with Crippen molar-refractivity contribution in [2.75, 3.05) is 6.61 Å². The number of rotatable bonds is 0. The SMILES string of the molecule is Fc1ccc(F)c2c1OC[C@H]1CCCC[C@@H]21. The van der Waals surface area contributed by atoms with E-state index >= 15 is 0 Å². The maximum atomic E-state index is 13.8. The van der Waals surface area contributed by atoms with Crippen LogP contribution in [0.5, 0.6) is 5.75 Å². The molecular formula is C13H14F2O. The lowest BCUT2D eigenvalue weighted by atomic mass is 9.74. The zero-order valence-electron chi connectivity index (χ0n) is 9.01. The van der Waals surface area contributed by atoms with Crippen LogP contribution < -0.4 is 4.74 Å². The fourth-order valence-corrected chi connectivity index (χ4v) is 3.02. The Morgan fingerprint density at radius 2 is 1.81 bits per heavy atom. The van der Waals surface area contributed by atoms with E-state index in [1.807, 2.05) is 0 Å². The van der Waals surface area contributed by atoms with E-state index in [2.05, 4.69) is 0 Å². The number of ether oxygens (including phenoxy) is 1. The number of hydrogen-bond donors (Lipinski definition) is 0. The Kier molecular flexibility index (Phi) is 2.34. The highest BCUT2D eigenvalue weighted by atomic mass is 19.1. The van der Waals surface area contributed by atoms with E-state index in [1.165, 1.54) is 12.5 Å². The summed E-state index contributed by atoms with van der Waals surface area (Å²) in [6.07, 6.45) is 4.31. The molecule has 0 unspecified atom stereocenters. The molecule has 3 rings (SSSR count). The molecule has 0 spiro atoms. The van der Waals surface area contributed by atoms with Crippen molar-refractivity contribution >= 4 is 0 Å². The van der Waals surface area contributed by atoms with E-state index in [1.54, 1.807) is 0 Å². The summed E-state index contributed by atoms with van der Waals surface area (Å²) in [6, 6.07) is 2.37. The first kappa shape index (κ1) is 10.1. The Hall–Kier alpha value is -1.12. The average molecular weight is 224 g/mol. The van der Waals surface area contributed by atoms with Gasteiger partial charge in [0.1, 0.15) is 5.82 Å². The number of hydrogen-bond acceptors (Lipinski definition) is 1. The second-order valence-electron chi connectivity index (χ2n) is 4.73. The topological polar surface area (TPSA) is 9.23 Å². The lowest BCUT2D eigenvalue weighted by Gasteiger charge is -2.37. The molecule has 0 radical (unpaired) electrons. The predicted octanol–water partition coefficient (Wildman–Crippen LogP) is 3.63. The Balaban J connectivity index is 2.10. The van der Waals surface area contributed by atoms with Crippen LogP contribution in [0.2, 0.25) is 0 Å². The summed E-state index contributed by atoms with van der Waals surface area (Å²) >= 11 is 0. The van der Waals surface area contributed by atoms with E-state index < -0.39 is 5.82 Å². The Labute approximate surface area is 93.4 Å². The van der Waals surface area contributed by atoms with Crippen LogP contribution in [0.25, 0.3) is 0 Å². The zero-order chi connectivity index (χ0) is 11.1. The van der Waals surface area contributed by atoms with Gasteiger partial charge >= 0.3 is 0 Å². The monoisotopic (exact) mass is 224 g/mol. The van der Waals surface area contributed by atoms with Crippen LogP contribution in [0.15, 0.2) is 12.1 Å². The zero-order valence-corrected chi connectivity index (χ0v) is 9.01. The molecule has 1 aliphatic heterocycles. The summed E-state index contributed by atoms with van der Waals surface area (Å²) in [6.45, 7) is 0.540. The van der Waals surface area contributed by atoms with Crippen molar-refractivity contribution in [3.8, 4) is 5.75 Å². The van der Waals surface area contributed by atoms with E-state index in [0.717, 1.165) is 25.3 Å². The van der Waals surface area contributed by atoms with Crippen LogP contribution in [0.3, 0.4) is 0 Å². The Morgan fingerprint density at radius 1 is 1.06 bits per heavy atom. The van der Waals surface area contributed by atoms with Crippen LogP contribution in [0.4, 0.5) is 8.78 Å². The van der Waals surface area contributed by atoms with Crippen LogP contribution in [0, 0.1) is 17.6 Å². The van der Waals surface area contributed by atoms with Gasteiger partial charge in [0.2, 0.25) is 0 Å². The molecule has 0 bridgehead atoms. The van der Waals surface area contributed by atoms with Gasteiger partial charge in [0.05, 0.1) is 6.61 Å². The fraction of sp³-hybridized carbons (Fsp3) is 0.538. The molecule has 0 amide bonds. The number of fused-ring (bicyclic) bond motifs is 3. The maximum absolute atomic E-state index is 13.8. The molecule has 86 valence electrons. The third-order valence-electron chi connectivity index (χ3n) is 3.82. The van der Waals surface area contributed by atoms with Crippen molar-refractivity contribution in [2.24, 2.45) is 5.92 Å². The Morgan fingerprint density at radius 3 is 2.69 bits per heavy atom. The molecule has 0 aromatic heterocycles. The van der Waals surface area contributed by atoms with Gasteiger partial charge in [-0.3, -0.25) is 0 Å². The summed E-state index contributed by atoms with van der Waals surface area (Å²) in [4.78, 5) is 0. The van der Waals surface area contributed by atoms with Gasteiger partial charge in [0.15, 0.2) is 11.6 Å². The largest absolute Gasteiger partial charge is 0.490 e. The third kappa shape index (κ3) is 1.41. The predicted molar refractivity (Wildman–Crippen MR) is 56.6 cm³/mol. The van der Waals surface area contributed by atoms with Crippen LogP contribution in [0.1, 0.15) is 37.2 Å². The summed E-state index contributed by atoms with van der Waals surface area (Å²) in [7, 11) is 0. The van der Waals surface area contributed by atoms with Gasteiger partial charge in [-0.1, -0.05) is 12.8 Å². The molecule has 1 nitrogen and oxygen atoms in total. The highest BCUT2D eigenvalue weighted by molar-refractivity contribution is 5.41. The summed E-state index contributed by atoms with van der Waals surface area (Å²) < 4.78 is 32.7. The molecule has 16 heavy (non-hydrogen) atoms. The highest BCUT2D eigenvalue weighted by Gasteiger charge is 2.36. The molecule has 2 atom stereocenters. The molecule has 2 aliphatic rings. The first-order valence-electron chi connectivity index (χ1n) is 5.88. The summed E-state index contributed by atoms with van der Waals surface area (Å²) in [5, 5.41) is 0. The maximum Gasteiger partial charge on any atom is 0.165 e. The number of halogens is 2. The van der Waals surface area contributed by atoms with Gasteiger partial charge < -0.3 is 4.74 Å². The molecule has 1 aliphatic carbocycles. The van der Waals surface area contributed by atoms with Crippen LogP contribution in [-0.2, 0) is 0 Å². The van der Waals surface area contributed by atoms with Crippen molar-refractivity contribution in [1.82, 2.24) is 0 Å². The van der Waals surface area contributed by atoms with Crippen molar-refractivity contribution in [2.45, 2.75) is 31.6 Å². The van der Waals surface area contributed by atoms with Gasteiger partial charge in [-0.25, -0.2) is 8.78 Å². The van der Waals surface area contributed by atoms with Gasteiger partial charge in [-0.2, -0.15) is 0 Å². The minimum Gasteiger partial charge on any atom is -0.490 e. The fourth-order valence-electron chi connectivity index (χ4n) is 3.02. The molecule has 1 aromatic rings. The Bertz CT molecular complexity index is 417. The van der Waals surface area contributed by atoms with E-state index in [-0.39, 0.29) is 17.5 Å². The lowest BCUT2D eigenvalue weighted by Crippen LogP contribution is -2.30. The summed E-state index contributed by atoms with van der Waals surface area (Å²) in [5.41, 5.74) is 0.482. The second kappa shape index (κ2) is 3.72. The third-order valence-corrected chi connectivity index (χ3v) is 3.82. The molecule has 1 saturated carbocycles. The standard InChI is InChI=1S/C13H14F2O/c14-10-5-6-11(15)13-12(10)9-4-2-1-3-8(9)7-16-13/h5-6,8-9H,1-4,7H2/t8-,9-/m1/s1. The second-order valence-corrected chi connectivity index (χ2v) is 4.73. The highest BCUT2D eigenvalue weighted by Crippen LogP contribution is 2.46. The van der Waals surface area contributed by atoms with Gasteiger partial charge in [0.25, 0.3) is 0 Å². The van der Waals surface area contributed by atoms with Crippen molar-refractivity contribution in [3.63, 3.8) is 0 Å². The van der Waals surface area contributed by atoms with E-state index in [9.17, 15) is 8.78 Å². The smallest absolute Gasteiger partial charge is 0.165 e. The first-order chi connectivity index (χ1) is 7.77. The molecule has 0 saturated heterocycles. The normalized spacial score (nSPS) is 27.9. The molecule has 0 N–H and O–H groups in total.